The lowest BCUT2D eigenvalue weighted by Crippen LogP contribution is -2.51. The fraction of sp³-hybridized carbons (Fsp3) is 0.393. The minimum Gasteiger partial charge on any atom is -0.493 e. The molecule has 1 aromatic heterocycles. The van der Waals surface area contributed by atoms with E-state index in [0.29, 0.717) is 30.3 Å². The number of benzene rings is 2. The molecule has 3 aromatic rings. The third kappa shape index (κ3) is 5.21. The molecule has 2 aromatic carbocycles. The van der Waals surface area contributed by atoms with E-state index in [1.54, 1.807) is 7.11 Å². The number of carbonyl (C=O) groups is 1. The molecule has 8 nitrogen and oxygen atoms in total. The fourth-order valence-corrected chi connectivity index (χ4v) is 5.08. The lowest BCUT2D eigenvalue weighted by atomic mass is 9.86. The number of piperidine rings is 1. The Labute approximate surface area is 211 Å². The first-order chi connectivity index (χ1) is 17.6. The Morgan fingerprint density at radius 1 is 1.17 bits per heavy atom. The summed E-state index contributed by atoms with van der Waals surface area (Å²) in [5.74, 6) is 4.82. The Morgan fingerprint density at radius 3 is 2.78 bits per heavy atom. The van der Waals surface area contributed by atoms with Gasteiger partial charge in [-0.2, -0.15) is 0 Å². The van der Waals surface area contributed by atoms with Gasteiger partial charge in [-0.15, -0.1) is 6.42 Å². The first kappa shape index (κ1) is 23.9. The molecule has 0 unspecified atom stereocenters. The molecule has 0 atom stereocenters. The standard InChI is InChI=1S/C28H31N5O3/c1-3-20-6-4-7-21(16-20)31-27-22-17-25(24(35-2)18-23(22)29-19-30-27)36-15-5-12-33-13-10-28(11-14-33)9-8-26(34)32-28/h1,4,6-7,16-19H,5,8-15H2,2H3,(H,32,34)(H,29,30,31). The van der Waals surface area contributed by atoms with Gasteiger partial charge in [0.2, 0.25) is 5.91 Å². The van der Waals surface area contributed by atoms with Crippen molar-refractivity contribution in [2.75, 3.05) is 38.7 Å². The van der Waals surface area contributed by atoms with Crippen molar-refractivity contribution >= 4 is 28.3 Å². The summed E-state index contributed by atoms with van der Waals surface area (Å²) in [6.07, 6.45) is 11.7. The summed E-state index contributed by atoms with van der Waals surface area (Å²) in [7, 11) is 1.63. The van der Waals surface area contributed by atoms with Crippen LogP contribution in [0.5, 0.6) is 11.5 Å². The molecule has 2 saturated heterocycles. The molecule has 0 bridgehead atoms. The van der Waals surface area contributed by atoms with E-state index in [1.807, 2.05) is 36.4 Å². The zero-order chi connectivity index (χ0) is 25.0. The van der Waals surface area contributed by atoms with E-state index in [0.717, 1.165) is 67.5 Å². The number of likely N-dealkylation sites (tertiary alicyclic amines) is 1. The molecule has 2 fully saturated rings. The van der Waals surface area contributed by atoms with Gasteiger partial charge in [0, 0.05) is 54.3 Å². The third-order valence-corrected chi connectivity index (χ3v) is 7.14. The van der Waals surface area contributed by atoms with Crippen molar-refractivity contribution in [1.82, 2.24) is 20.2 Å². The van der Waals surface area contributed by atoms with E-state index in [9.17, 15) is 4.79 Å². The molecule has 186 valence electrons. The van der Waals surface area contributed by atoms with Crippen molar-refractivity contribution < 1.29 is 14.3 Å². The van der Waals surface area contributed by atoms with E-state index >= 15 is 0 Å². The summed E-state index contributed by atoms with van der Waals surface area (Å²) < 4.78 is 11.7. The molecule has 5 rings (SSSR count). The number of ether oxygens (including phenoxy) is 2. The highest BCUT2D eigenvalue weighted by Gasteiger charge is 2.39. The van der Waals surface area contributed by atoms with Crippen LogP contribution in [0.1, 0.15) is 37.7 Å². The molecule has 36 heavy (non-hydrogen) atoms. The Kier molecular flexibility index (Phi) is 6.92. The van der Waals surface area contributed by atoms with Gasteiger partial charge in [0.15, 0.2) is 11.5 Å². The number of carbonyl (C=O) groups excluding carboxylic acids is 1. The monoisotopic (exact) mass is 485 g/mol. The highest BCUT2D eigenvalue weighted by molar-refractivity contribution is 5.93. The van der Waals surface area contributed by atoms with E-state index in [2.05, 4.69) is 31.4 Å². The highest BCUT2D eigenvalue weighted by Crippen LogP contribution is 2.35. The number of fused-ring (bicyclic) bond motifs is 1. The molecule has 0 radical (unpaired) electrons. The molecular weight excluding hydrogens is 454 g/mol. The topological polar surface area (TPSA) is 88.6 Å². The average Bonchev–Trinajstić information content (AvgIpc) is 3.27. The van der Waals surface area contributed by atoms with Gasteiger partial charge in [0.25, 0.3) is 0 Å². The lowest BCUT2D eigenvalue weighted by Gasteiger charge is -2.39. The number of nitrogens with zero attached hydrogens (tertiary/aromatic N) is 3. The van der Waals surface area contributed by atoms with Crippen molar-refractivity contribution in [3.05, 3.63) is 48.3 Å². The minimum absolute atomic E-state index is 0.0402. The van der Waals surface area contributed by atoms with Crippen LogP contribution in [0.25, 0.3) is 10.9 Å². The van der Waals surface area contributed by atoms with Crippen LogP contribution in [0.4, 0.5) is 11.5 Å². The van der Waals surface area contributed by atoms with Gasteiger partial charge in [-0.05, 0) is 49.9 Å². The molecule has 2 aliphatic heterocycles. The van der Waals surface area contributed by atoms with Crippen LogP contribution in [0, 0.1) is 12.3 Å². The number of amides is 1. The minimum atomic E-state index is 0.0402. The quantitative estimate of drug-likeness (QED) is 0.370. The van der Waals surface area contributed by atoms with Crippen molar-refractivity contribution in [2.45, 2.75) is 37.6 Å². The summed E-state index contributed by atoms with van der Waals surface area (Å²) in [5, 5.41) is 7.38. The first-order valence-electron chi connectivity index (χ1n) is 12.4. The molecule has 8 heteroatoms. The maximum Gasteiger partial charge on any atom is 0.220 e. The normalized spacial score (nSPS) is 17.1. The maximum absolute atomic E-state index is 11.6. The molecule has 2 aliphatic rings. The second-order valence-electron chi connectivity index (χ2n) is 9.46. The lowest BCUT2D eigenvalue weighted by molar-refractivity contribution is -0.120. The summed E-state index contributed by atoms with van der Waals surface area (Å²) in [5.41, 5.74) is 2.44. The Morgan fingerprint density at radius 2 is 2.03 bits per heavy atom. The Bertz CT molecular complexity index is 1290. The van der Waals surface area contributed by atoms with E-state index in [-0.39, 0.29) is 11.4 Å². The van der Waals surface area contributed by atoms with E-state index in [1.165, 1.54) is 6.33 Å². The van der Waals surface area contributed by atoms with Gasteiger partial charge in [-0.3, -0.25) is 4.79 Å². The first-order valence-corrected chi connectivity index (χ1v) is 12.4. The van der Waals surface area contributed by atoms with Crippen molar-refractivity contribution in [3.63, 3.8) is 0 Å². The van der Waals surface area contributed by atoms with Crippen LogP contribution in [0.2, 0.25) is 0 Å². The predicted octanol–water partition coefficient (Wildman–Crippen LogP) is 3.88. The number of hydrogen-bond acceptors (Lipinski definition) is 7. The SMILES string of the molecule is C#Cc1cccc(Nc2ncnc3cc(OC)c(OCCCN4CCC5(CCC(=O)N5)CC4)cc23)c1. The third-order valence-electron chi connectivity index (χ3n) is 7.14. The molecule has 1 spiro atoms. The fourth-order valence-electron chi connectivity index (χ4n) is 5.08. The van der Waals surface area contributed by atoms with Crippen LogP contribution in [0.3, 0.4) is 0 Å². The largest absolute Gasteiger partial charge is 0.493 e. The summed E-state index contributed by atoms with van der Waals surface area (Å²) >= 11 is 0. The van der Waals surface area contributed by atoms with Gasteiger partial charge in [0.05, 0.1) is 19.2 Å². The van der Waals surface area contributed by atoms with Crippen molar-refractivity contribution in [2.24, 2.45) is 0 Å². The smallest absolute Gasteiger partial charge is 0.220 e. The highest BCUT2D eigenvalue weighted by atomic mass is 16.5. The van der Waals surface area contributed by atoms with Crippen LogP contribution in [0.15, 0.2) is 42.7 Å². The van der Waals surface area contributed by atoms with Crippen LogP contribution in [-0.2, 0) is 4.79 Å². The van der Waals surface area contributed by atoms with E-state index in [4.69, 9.17) is 15.9 Å². The summed E-state index contributed by atoms with van der Waals surface area (Å²) in [6, 6.07) is 11.4. The van der Waals surface area contributed by atoms with Gasteiger partial charge in [-0.25, -0.2) is 9.97 Å². The zero-order valence-electron chi connectivity index (χ0n) is 20.5. The number of rotatable bonds is 8. The van der Waals surface area contributed by atoms with Crippen LogP contribution < -0.4 is 20.1 Å². The molecule has 0 aliphatic carbocycles. The second-order valence-corrected chi connectivity index (χ2v) is 9.46. The number of hydrogen-bond donors (Lipinski definition) is 2. The van der Waals surface area contributed by atoms with E-state index < -0.39 is 0 Å². The summed E-state index contributed by atoms with van der Waals surface area (Å²) in [4.78, 5) is 23.0. The number of nitrogens with one attached hydrogen (secondary N) is 2. The van der Waals surface area contributed by atoms with Gasteiger partial charge >= 0.3 is 0 Å². The van der Waals surface area contributed by atoms with Gasteiger partial charge in [0.1, 0.15) is 12.1 Å². The molecule has 2 N–H and O–H groups in total. The predicted molar refractivity (Wildman–Crippen MR) is 140 cm³/mol. The number of methoxy groups -OCH3 is 1. The molecule has 3 heterocycles. The van der Waals surface area contributed by atoms with Crippen molar-refractivity contribution in [1.29, 1.82) is 0 Å². The van der Waals surface area contributed by atoms with Crippen molar-refractivity contribution in [3.8, 4) is 23.8 Å². The average molecular weight is 486 g/mol. The molecule has 1 amide bonds. The number of anilines is 2. The molecule has 0 saturated carbocycles. The van der Waals surface area contributed by atoms with Crippen LogP contribution in [-0.4, -0.2) is 59.7 Å². The number of terminal acetylenes is 1. The van der Waals surface area contributed by atoms with Gasteiger partial charge < -0.3 is 25.0 Å². The molecular formula is C28H31N5O3. The zero-order valence-corrected chi connectivity index (χ0v) is 20.5. The number of aromatic nitrogens is 2. The summed E-state index contributed by atoms with van der Waals surface area (Å²) in [6.45, 7) is 3.54. The Hall–Kier alpha value is -3.83. The van der Waals surface area contributed by atoms with Crippen LogP contribution >= 0.6 is 0 Å². The second kappa shape index (κ2) is 10.4. The maximum atomic E-state index is 11.6. The Balaban J connectivity index is 1.22. The van der Waals surface area contributed by atoms with Gasteiger partial charge in [-0.1, -0.05) is 12.0 Å².